The number of rotatable bonds is 5. The molecule has 0 aromatic rings. The molecule has 3 aliphatic carbocycles. The molecule has 1 heterocycles. The first-order valence-electron chi connectivity index (χ1n) is 9.80. The third kappa shape index (κ3) is 2.79. The van der Waals surface area contributed by atoms with Crippen LogP contribution in [-0.4, -0.2) is 36.6 Å². The molecule has 4 fully saturated rings. The van der Waals surface area contributed by atoms with Crippen LogP contribution in [0.2, 0.25) is 0 Å². The van der Waals surface area contributed by atoms with Crippen LogP contribution >= 0.6 is 0 Å². The number of likely N-dealkylation sites (tertiary alicyclic amines) is 1. The first kappa shape index (κ1) is 14.5. The maximum atomic E-state index is 3.95. The van der Waals surface area contributed by atoms with E-state index >= 15 is 0 Å². The summed E-state index contributed by atoms with van der Waals surface area (Å²) in [5, 5.41) is 3.95. The molecule has 1 N–H and O–H groups in total. The minimum absolute atomic E-state index is 0.834. The molecule has 1 aliphatic heterocycles. The zero-order valence-corrected chi connectivity index (χ0v) is 13.9. The molecule has 0 aromatic carbocycles. The average molecular weight is 290 g/mol. The van der Waals surface area contributed by atoms with Gasteiger partial charge in [-0.2, -0.15) is 0 Å². The van der Waals surface area contributed by atoms with Crippen molar-refractivity contribution in [3.63, 3.8) is 0 Å². The lowest BCUT2D eigenvalue weighted by Crippen LogP contribution is -2.42. The van der Waals surface area contributed by atoms with Crippen molar-refractivity contribution in [2.45, 2.75) is 76.8 Å². The van der Waals surface area contributed by atoms with Crippen LogP contribution < -0.4 is 5.32 Å². The lowest BCUT2D eigenvalue weighted by Gasteiger charge is -2.34. The molecular formula is C19H34N2. The summed E-state index contributed by atoms with van der Waals surface area (Å²) >= 11 is 0. The van der Waals surface area contributed by atoms with Crippen molar-refractivity contribution in [2.75, 3.05) is 19.6 Å². The van der Waals surface area contributed by atoms with E-state index < -0.39 is 0 Å². The summed E-state index contributed by atoms with van der Waals surface area (Å²) in [6.07, 6.45) is 13.4. The first-order chi connectivity index (χ1) is 10.3. The predicted octanol–water partition coefficient (Wildman–Crippen LogP) is 3.67. The van der Waals surface area contributed by atoms with E-state index in [9.17, 15) is 0 Å². The number of fused-ring (bicyclic) bond motifs is 5. The minimum Gasteiger partial charge on any atom is -0.314 e. The van der Waals surface area contributed by atoms with Gasteiger partial charge in [0.15, 0.2) is 0 Å². The summed E-state index contributed by atoms with van der Waals surface area (Å²) in [5.74, 6) is 4.41. The third-order valence-electron chi connectivity index (χ3n) is 7.40. The topological polar surface area (TPSA) is 15.3 Å². The smallest absolute Gasteiger partial charge is 0.0101 e. The highest BCUT2D eigenvalue weighted by Crippen LogP contribution is 2.58. The molecule has 2 nitrogen and oxygen atoms in total. The van der Waals surface area contributed by atoms with Gasteiger partial charge < -0.3 is 10.2 Å². The first-order valence-corrected chi connectivity index (χ1v) is 9.80. The van der Waals surface area contributed by atoms with Gasteiger partial charge >= 0.3 is 0 Å². The van der Waals surface area contributed by atoms with E-state index in [-0.39, 0.29) is 0 Å². The van der Waals surface area contributed by atoms with Gasteiger partial charge in [0.2, 0.25) is 0 Å². The second-order valence-electron chi connectivity index (χ2n) is 8.45. The van der Waals surface area contributed by atoms with Crippen LogP contribution in [0.15, 0.2) is 0 Å². The van der Waals surface area contributed by atoms with Crippen molar-refractivity contribution in [2.24, 2.45) is 23.7 Å². The molecule has 4 rings (SSSR count). The maximum Gasteiger partial charge on any atom is 0.0101 e. The molecule has 120 valence electrons. The highest BCUT2D eigenvalue weighted by molar-refractivity contribution is 5.05. The highest BCUT2D eigenvalue weighted by Gasteiger charge is 2.53. The van der Waals surface area contributed by atoms with E-state index in [0.717, 1.165) is 35.8 Å². The Labute approximate surface area is 131 Å². The summed E-state index contributed by atoms with van der Waals surface area (Å²) in [4.78, 5) is 2.72. The minimum atomic E-state index is 0.834. The van der Waals surface area contributed by atoms with Crippen LogP contribution in [0.3, 0.4) is 0 Å². The van der Waals surface area contributed by atoms with E-state index in [1.807, 2.05) is 0 Å². The van der Waals surface area contributed by atoms with Gasteiger partial charge in [-0.25, -0.2) is 0 Å². The molecular weight excluding hydrogens is 256 g/mol. The van der Waals surface area contributed by atoms with Gasteiger partial charge in [-0.15, -0.1) is 0 Å². The average Bonchev–Trinajstić information content (AvgIpc) is 3.17. The zero-order chi connectivity index (χ0) is 14.2. The molecule has 4 aliphatic rings. The van der Waals surface area contributed by atoms with Crippen molar-refractivity contribution >= 4 is 0 Å². The molecule has 0 radical (unpaired) electrons. The SMILES string of the molecule is CC1CCCCN1CCCNC1CC2CC1C1CCCC21. The molecule has 21 heavy (non-hydrogen) atoms. The molecule has 2 heteroatoms. The Kier molecular flexibility index (Phi) is 4.28. The molecule has 0 spiro atoms. The largest absolute Gasteiger partial charge is 0.314 e. The van der Waals surface area contributed by atoms with Gasteiger partial charge in [0, 0.05) is 12.1 Å². The molecule has 2 bridgehead atoms. The van der Waals surface area contributed by atoms with Crippen molar-refractivity contribution in [1.29, 1.82) is 0 Å². The van der Waals surface area contributed by atoms with Crippen molar-refractivity contribution < 1.29 is 0 Å². The fourth-order valence-electron chi connectivity index (χ4n) is 6.36. The summed E-state index contributed by atoms with van der Waals surface area (Å²) in [6, 6.07) is 1.72. The highest BCUT2D eigenvalue weighted by atomic mass is 15.2. The van der Waals surface area contributed by atoms with Crippen molar-refractivity contribution in [3.05, 3.63) is 0 Å². The summed E-state index contributed by atoms with van der Waals surface area (Å²) < 4.78 is 0. The van der Waals surface area contributed by atoms with Gasteiger partial charge in [0.1, 0.15) is 0 Å². The Balaban J connectivity index is 1.18. The molecule has 0 amide bonds. The second-order valence-corrected chi connectivity index (χ2v) is 8.45. The van der Waals surface area contributed by atoms with Gasteiger partial charge in [0.05, 0.1) is 0 Å². The maximum absolute atomic E-state index is 3.95. The van der Waals surface area contributed by atoms with E-state index in [4.69, 9.17) is 0 Å². The van der Waals surface area contributed by atoms with Crippen LogP contribution in [0, 0.1) is 23.7 Å². The number of piperidine rings is 1. The molecule has 6 atom stereocenters. The molecule has 0 aromatic heterocycles. The molecule has 3 saturated carbocycles. The quantitative estimate of drug-likeness (QED) is 0.777. The van der Waals surface area contributed by atoms with Crippen LogP contribution in [0.25, 0.3) is 0 Å². The number of hydrogen-bond acceptors (Lipinski definition) is 2. The van der Waals surface area contributed by atoms with Gasteiger partial charge in [-0.05, 0) is 95.2 Å². The Bertz CT molecular complexity index is 355. The van der Waals surface area contributed by atoms with E-state index in [1.54, 1.807) is 19.3 Å². The molecule has 1 saturated heterocycles. The standard InChI is InChI=1S/C19H34N2/c1-14-6-2-3-10-21(14)11-5-9-20-19-13-15-12-18(19)17-8-4-7-16(15)17/h14-20H,2-13H2,1H3. The van der Waals surface area contributed by atoms with Crippen LogP contribution in [-0.2, 0) is 0 Å². The van der Waals surface area contributed by atoms with Crippen LogP contribution in [0.1, 0.15) is 64.7 Å². The van der Waals surface area contributed by atoms with Crippen LogP contribution in [0.4, 0.5) is 0 Å². The lowest BCUT2D eigenvalue weighted by atomic mass is 9.79. The normalized spacial score (nSPS) is 46.1. The van der Waals surface area contributed by atoms with E-state index in [2.05, 4.69) is 17.1 Å². The Morgan fingerprint density at radius 1 is 0.952 bits per heavy atom. The predicted molar refractivity (Wildman–Crippen MR) is 88.3 cm³/mol. The Morgan fingerprint density at radius 2 is 1.86 bits per heavy atom. The zero-order valence-electron chi connectivity index (χ0n) is 13.9. The van der Waals surface area contributed by atoms with Gasteiger partial charge in [-0.3, -0.25) is 0 Å². The Morgan fingerprint density at radius 3 is 2.76 bits per heavy atom. The second kappa shape index (κ2) is 6.20. The number of nitrogens with zero attached hydrogens (tertiary/aromatic N) is 1. The van der Waals surface area contributed by atoms with Crippen molar-refractivity contribution in [1.82, 2.24) is 10.2 Å². The monoisotopic (exact) mass is 290 g/mol. The molecule has 6 unspecified atom stereocenters. The fraction of sp³-hybridized carbons (Fsp3) is 1.00. The van der Waals surface area contributed by atoms with E-state index in [0.29, 0.717) is 0 Å². The third-order valence-corrected chi connectivity index (χ3v) is 7.40. The summed E-state index contributed by atoms with van der Waals surface area (Å²) in [7, 11) is 0. The number of nitrogens with one attached hydrogen (secondary N) is 1. The van der Waals surface area contributed by atoms with Gasteiger partial charge in [0.25, 0.3) is 0 Å². The Hall–Kier alpha value is -0.0800. The fourth-order valence-corrected chi connectivity index (χ4v) is 6.36. The number of hydrogen-bond donors (Lipinski definition) is 1. The summed E-state index contributed by atoms with van der Waals surface area (Å²) in [6.45, 7) is 6.34. The van der Waals surface area contributed by atoms with Crippen LogP contribution in [0.5, 0.6) is 0 Å². The van der Waals surface area contributed by atoms with Gasteiger partial charge in [-0.1, -0.05) is 12.8 Å². The van der Waals surface area contributed by atoms with E-state index in [1.165, 1.54) is 58.2 Å². The van der Waals surface area contributed by atoms with Crippen molar-refractivity contribution in [3.8, 4) is 0 Å². The summed E-state index contributed by atoms with van der Waals surface area (Å²) in [5.41, 5.74) is 0. The lowest BCUT2D eigenvalue weighted by molar-refractivity contribution is 0.155.